The van der Waals surface area contributed by atoms with Crippen molar-refractivity contribution in [3.8, 4) is 0 Å². The summed E-state index contributed by atoms with van der Waals surface area (Å²) in [5.74, 6) is -0.456. The van der Waals surface area contributed by atoms with E-state index in [1.807, 2.05) is 6.92 Å². The van der Waals surface area contributed by atoms with E-state index in [2.05, 4.69) is 15.0 Å². The lowest BCUT2D eigenvalue weighted by Gasteiger charge is -2.37. The molecule has 4 N–H and O–H groups in total. The molecule has 1 aromatic heterocycles. The number of nitrogens with two attached hydrogens (primary N) is 1. The number of carbonyl (C=O) groups is 1. The average Bonchev–Trinajstić information content (AvgIpc) is 3.07. The van der Waals surface area contributed by atoms with E-state index < -0.39 is 15.6 Å². The predicted octanol–water partition coefficient (Wildman–Crippen LogP) is 2.79. The fourth-order valence-corrected chi connectivity index (χ4v) is 5.04. The second kappa shape index (κ2) is 7.34. The quantitative estimate of drug-likeness (QED) is 0.721. The zero-order valence-electron chi connectivity index (χ0n) is 14.4. The minimum atomic E-state index is -3.77. The monoisotopic (exact) mass is 394 g/mol. The van der Waals surface area contributed by atoms with Gasteiger partial charge in [0, 0.05) is 22.8 Å². The van der Waals surface area contributed by atoms with E-state index in [9.17, 15) is 13.2 Å². The lowest BCUT2D eigenvalue weighted by molar-refractivity contribution is -0.122. The van der Waals surface area contributed by atoms with Crippen molar-refractivity contribution in [2.75, 3.05) is 10.0 Å². The zero-order chi connectivity index (χ0) is 18.8. The maximum absolute atomic E-state index is 12.6. The van der Waals surface area contributed by atoms with Gasteiger partial charge in [-0.05, 0) is 38.0 Å². The molecule has 0 spiro atoms. The number of thiazole rings is 1. The number of anilines is 2. The van der Waals surface area contributed by atoms with Gasteiger partial charge in [0.25, 0.3) is 10.0 Å². The largest absolute Gasteiger partial charge is 0.326 e. The number of benzene rings is 1. The first-order valence-electron chi connectivity index (χ1n) is 8.40. The van der Waals surface area contributed by atoms with Crippen LogP contribution in [0.15, 0.2) is 40.7 Å². The Hall–Kier alpha value is -1.97. The number of nitrogens with zero attached hydrogens (tertiary/aromatic N) is 1. The molecule has 1 aliphatic rings. The number of carbonyl (C=O) groups excluding carboxylic acids is 1. The Balaban J connectivity index is 1.76. The van der Waals surface area contributed by atoms with E-state index >= 15 is 0 Å². The maximum Gasteiger partial charge on any atom is 0.263 e. The van der Waals surface area contributed by atoms with Gasteiger partial charge < -0.3 is 11.1 Å². The third-order valence-corrected chi connectivity index (χ3v) is 6.79. The summed E-state index contributed by atoms with van der Waals surface area (Å²) in [6.45, 7) is 1.90. The van der Waals surface area contributed by atoms with Gasteiger partial charge in [0.05, 0.1) is 10.8 Å². The molecule has 0 saturated heterocycles. The number of aromatic nitrogens is 1. The van der Waals surface area contributed by atoms with Crippen LogP contribution in [0.1, 0.15) is 32.6 Å². The van der Waals surface area contributed by atoms with E-state index in [0.717, 1.165) is 25.7 Å². The highest BCUT2D eigenvalue weighted by molar-refractivity contribution is 7.93. The molecular formula is C17H22N4O3S2. The van der Waals surface area contributed by atoms with Gasteiger partial charge in [0.15, 0.2) is 5.13 Å². The lowest BCUT2D eigenvalue weighted by Crippen LogP contribution is -2.51. The minimum absolute atomic E-state index is 0.0599. The van der Waals surface area contributed by atoms with E-state index in [1.165, 1.54) is 29.7 Å². The first-order valence-corrected chi connectivity index (χ1v) is 10.8. The predicted molar refractivity (Wildman–Crippen MR) is 103 cm³/mol. The Kier molecular flexibility index (Phi) is 5.31. The Morgan fingerprint density at radius 3 is 2.88 bits per heavy atom. The number of hydrogen-bond donors (Lipinski definition) is 3. The number of rotatable bonds is 5. The summed E-state index contributed by atoms with van der Waals surface area (Å²) < 4.78 is 27.3. The molecular weight excluding hydrogens is 372 g/mol. The van der Waals surface area contributed by atoms with Crippen LogP contribution in [0.5, 0.6) is 0 Å². The van der Waals surface area contributed by atoms with Gasteiger partial charge in [-0.1, -0.05) is 18.9 Å². The Labute approximate surface area is 157 Å². The molecule has 0 radical (unpaired) electrons. The Bertz CT molecular complexity index is 879. The van der Waals surface area contributed by atoms with Crippen molar-refractivity contribution in [3.63, 3.8) is 0 Å². The van der Waals surface area contributed by atoms with Gasteiger partial charge in [-0.15, -0.1) is 11.3 Å². The molecule has 1 heterocycles. The van der Waals surface area contributed by atoms with Crippen LogP contribution >= 0.6 is 11.3 Å². The summed E-state index contributed by atoms with van der Waals surface area (Å²) in [7, 11) is -3.77. The van der Waals surface area contributed by atoms with Crippen LogP contribution in [-0.2, 0) is 14.8 Å². The van der Waals surface area contributed by atoms with Crippen molar-refractivity contribution in [3.05, 3.63) is 35.8 Å². The molecule has 1 saturated carbocycles. The van der Waals surface area contributed by atoms with Crippen LogP contribution < -0.4 is 15.8 Å². The molecule has 0 bridgehead atoms. The van der Waals surface area contributed by atoms with Crippen LogP contribution in [-0.4, -0.2) is 24.8 Å². The third kappa shape index (κ3) is 4.22. The molecule has 2 unspecified atom stereocenters. The number of sulfonamides is 1. The van der Waals surface area contributed by atoms with E-state index in [4.69, 9.17) is 5.73 Å². The van der Waals surface area contributed by atoms with E-state index in [0.29, 0.717) is 10.8 Å². The second-order valence-corrected chi connectivity index (χ2v) is 9.34. The highest BCUT2D eigenvalue weighted by atomic mass is 32.2. The highest BCUT2D eigenvalue weighted by Crippen LogP contribution is 2.32. The molecule has 26 heavy (non-hydrogen) atoms. The van der Waals surface area contributed by atoms with Crippen molar-refractivity contribution in [2.45, 2.75) is 43.0 Å². The summed E-state index contributed by atoms with van der Waals surface area (Å²) in [6, 6.07) is 6.16. The van der Waals surface area contributed by atoms with Crippen molar-refractivity contribution in [1.29, 1.82) is 0 Å². The number of nitrogens with one attached hydrogen (secondary N) is 2. The molecule has 1 amide bonds. The third-order valence-electron chi connectivity index (χ3n) is 4.64. The van der Waals surface area contributed by atoms with E-state index in [-0.39, 0.29) is 16.7 Å². The molecule has 9 heteroatoms. The number of amides is 1. The summed E-state index contributed by atoms with van der Waals surface area (Å²) in [6.07, 6.45) is 5.05. The molecule has 2 aromatic rings. The summed E-state index contributed by atoms with van der Waals surface area (Å²) in [5, 5.41) is 4.79. The molecule has 7 nitrogen and oxygen atoms in total. The minimum Gasteiger partial charge on any atom is -0.326 e. The molecule has 2 atom stereocenters. The van der Waals surface area contributed by atoms with E-state index in [1.54, 1.807) is 17.5 Å². The zero-order valence-corrected chi connectivity index (χ0v) is 16.1. The van der Waals surface area contributed by atoms with Crippen LogP contribution in [0.4, 0.5) is 10.8 Å². The molecule has 0 aliphatic heterocycles. The van der Waals surface area contributed by atoms with Crippen LogP contribution in [0, 0.1) is 5.92 Å². The average molecular weight is 395 g/mol. The van der Waals surface area contributed by atoms with Gasteiger partial charge in [0.2, 0.25) is 5.91 Å². The van der Waals surface area contributed by atoms with Gasteiger partial charge in [-0.25, -0.2) is 13.4 Å². The molecule has 1 fully saturated rings. The van der Waals surface area contributed by atoms with Crippen molar-refractivity contribution < 1.29 is 13.2 Å². The molecule has 3 rings (SSSR count). The van der Waals surface area contributed by atoms with Gasteiger partial charge >= 0.3 is 0 Å². The molecule has 140 valence electrons. The summed E-state index contributed by atoms with van der Waals surface area (Å²) >= 11 is 1.19. The summed E-state index contributed by atoms with van der Waals surface area (Å²) in [4.78, 5) is 16.6. The highest BCUT2D eigenvalue weighted by Gasteiger charge is 2.37. The summed E-state index contributed by atoms with van der Waals surface area (Å²) in [5.41, 5.74) is 6.16. The second-order valence-electron chi connectivity index (χ2n) is 6.76. The Morgan fingerprint density at radius 2 is 2.19 bits per heavy atom. The normalized spacial score (nSPS) is 23.4. The first kappa shape index (κ1) is 18.8. The van der Waals surface area contributed by atoms with Crippen LogP contribution in [0.3, 0.4) is 0 Å². The number of hydrogen-bond acceptors (Lipinski definition) is 6. The van der Waals surface area contributed by atoms with Crippen LogP contribution in [0.2, 0.25) is 0 Å². The standard InChI is InChI=1S/C17H22N4O3S2/c1-17(18)8-3-2-7-14(17)15(22)20-12-5-4-6-13(11-12)26(23,24)21-16-19-9-10-25-16/h4-6,9-11,14H,2-3,7-8,18H2,1H3,(H,19,21)(H,20,22). The van der Waals surface area contributed by atoms with Crippen molar-refractivity contribution >= 4 is 38.1 Å². The van der Waals surface area contributed by atoms with Gasteiger partial charge in [0.1, 0.15) is 0 Å². The maximum atomic E-state index is 12.6. The fraction of sp³-hybridized carbons (Fsp3) is 0.412. The molecule has 1 aliphatic carbocycles. The topological polar surface area (TPSA) is 114 Å². The van der Waals surface area contributed by atoms with Crippen LogP contribution in [0.25, 0.3) is 0 Å². The van der Waals surface area contributed by atoms with Crippen molar-refractivity contribution in [1.82, 2.24) is 4.98 Å². The molecule has 1 aromatic carbocycles. The van der Waals surface area contributed by atoms with Gasteiger partial charge in [-0.2, -0.15) is 0 Å². The first-order chi connectivity index (χ1) is 12.3. The Morgan fingerprint density at radius 1 is 1.38 bits per heavy atom. The van der Waals surface area contributed by atoms with Gasteiger partial charge in [-0.3, -0.25) is 9.52 Å². The lowest BCUT2D eigenvalue weighted by atomic mass is 9.74. The smallest absolute Gasteiger partial charge is 0.263 e. The van der Waals surface area contributed by atoms with Crippen molar-refractivity contribution in [2.24, 2.45) is 11.7 Å². The fourth-order valence-electron chi connectivity index (χ4n) is 3.21. The SMILES string of the molecule is CC1(N)CCCCC1C(=O)Nc1cccc(S(=O)(=O)Nc2nccs2)c1.